The smallest absolute Gasteiger partial charge is 0.266 e. The molecule has 1 saturated heterocycles. The molecule has 166 valence electrons. The molecule has 1 aliphatic heterocycles. The monoisotopic (exact) mass is 436 g/mol. The number of anilines is 3. The summed E-state index contributed by atoms with van der Waals surface area (Å²) in [5.74, 6) is 0.373. The van der Waals surface area contributed by atoms with Crippen molar-refractivity contribution >= 4 is 23.0 Å². The van der Waals surface area contributed by atoms with E-state index in [4.69, 9.17) is 0 Å². The van der Waals surface area contributed by atoms with Crippen molar-refractivity contribution in [3.8, 4) is 6.07 Å². The zero-order chi connectivity index (χ0) is 22.9. The maximum atomic E-state index is 12.9. The lowest BCUT2D eigenvalue weighted by atomic mass is 9.90. The average Bonchev–Trinajstić information content (AvgIpc) is 2.87. The first kappa shape index (κ1) is 22.2. The topological polar surface area (TPSA) is 68.2 Å². The summed E-state index contributed by atoms with van der Waals surface area (Å²) in [6.07, 6.45) is 4.48. The van der Waals surface area contributed by atoms with E-state index in [1.165, 1.54) is 11.8 Å². The summed E-state index contributed by atoms with van der Waals surface area (Å²) in [7, 11) is 0. The zero-order valence-electron chi connectivity index (χ0n) is 18.6. The fourth-order valence-corrected chi connectivity index (χ4v) is 4.09. The van der Waals surface area contributed by atoms with Crippen molar-refractivity contribution in [3.05, 3.63) is 102 Å². The standard InChI is InChI=1S/C28H28N4O/c29-20-24(21-30-25-11-13-27(14-12-25)31-26-9-5-2-6-10-26)28(33)32-17-15-23(16-18-32)19-22-7-3-1-4-8-22/h1-14,21,23,30-31H,15-19H2/b24-21-. The summed E-state index contributed by atoms with van der Waals surface area (Å²) >= 11 is 0. The van der Waals surface area contributed by atoms with E-state index in [1.807, 2.05) is 60.7 Å². The average molecular weight is 437 g/mol. The van der Waals surface area contributed by atoms with Crippen molar-refractivity contribution in [3.63, 3.8) is 0 Å². The van der Waals surface area contributed by atoms with Crippen LogP contribution in [-0.4, -0.2) is 23.9 Å². The highest BCUT2D eigenvalue weighted by Gasteiger charge is 2.25. The van der Waals surface area contributed by atoms with Crippen molar-refractivity contribution in [2.75, 3.05) is 23.7 Å². The Hall–Kier alpha value is -4.04. The first-order valence-electron chi connectivity index (χ1n) is 11.3. The van der Waals surface area contributed by atoms with Gasteiger partial charge in [-0.3, -0.25) is 4.79 Å². The predicted molar refractivity (Wildman–Crippen MR) is 133 cm³/mol. The number of carbonyl (C=O) groups excluding carboxylic acids is 1. The molecule has 1 fully saturated rings. The van der Waals surface area contributed by atoms with Crippen LogP contribution in [0.15, 0.2) is 96.7 Å². The van der Waals surface area contributed by atoms with Crippen LogP contribution >= 0.6 is 0 Å². The highest BCUT2D eigenvalue weighted by atomic mass is 16.2. The fraction of sp³-hybridized carbons (Fsp3) is 0.214. The predicted octanol–water partition coefficient (Wildman–Crippen LogP) is 5.73. The molecular weight excluding hydrogens is 408 g/mol. The van der Waals surface area contributed by atoms with E-state index >= 15 is 0 Å². The molecule has 0 aromatic heterocycles. The minimum absolute atomic E-state index is 0.128. The Morgan fingerprint density at radius 3 is 2.09 bits per heavy atom. The van der Waals surface area contributed by atoms with Gasteiger partial charge in [-0.05, 0) is 67.1 Å². The third-order valence-electron chi connectivity index (χ3n) is 5.95. The summed E-state index contributed by atoms with van der Waals surface area (Å²) < 4.78 is 0. The summed E-state index contributed by atoms with van der Waals surface area (Å²) in [6, 6.07) is 30.2. The number of piperidine rings is 1. The number of hydrogen-bond donors (Lipinski definition) is 2. The van der Waals surface area contributed by atoms with E-state index in [9.17, 15) is 10.1 Å². The number of nitrogens with zero attached hydrogens (tertiary/aromatic N) is 2. The molecule has 3 aromatic rings. The van der Waals surface area contributed by atoms with Gasteiger partial charge in [-0.25, -0.2) is 0 Å². The number of benzene rings is 3. The highest BCUT2D eigenvalue weighted by Crippen LogP contribution is 2.23. The number of likely N-dealkylation sites (tertiary alicyclic amines) is 1. The number of amides is 1. The summed E-state index contributed by atoms with van der Waals surface area (Å²) in [5, 5.41) is 16.0. The van der Waals surface area contributed by atoms with Crippen LogP contribution < -0.4 is 10.6 Å². The minimum Gasteiger partial charge on any atom is -0.360 e. The number of nitrogens with one attached hydrogen (secondary N) is 2. The molecule has 5 heteroatoms. The number of carbonyl (C=O) groups is 1. The Morgan fingerprint density at radius 2 is 1.45 bits per heavy atom. The number of nitriles is 1. The van der Waals surface area contributed by atoms with Gasteiger partial charge in [-0.15, -0.1) is 0 Å². The minimum atomic E-state index is -0.203. The Labute approximate surface area is 195 Å². The van der Waals surface area contributed by atoms with Crippen molar-refractivity contribution in [1.82, 2.24) is 4.90 Å². The molecule has 0 atom stereocenters. The van der Waals surface area contributed by atoms with E-state index < -0.39 is 0 Å². The second-order valence-electron chi connectivity index (χ2n) is 8.31. The quantitative estimate of drug-likeness (QED) is 0.367. The van der Waals surface area contributed by atoms with Crippen LogP contribution in [0.5, 0.6) is 0 Å². The molecule has 3 aromatic carbocycles. The molecule has 1 heterocycles. The third-order valence-corrected chi connectivity index (χ3v) is 5.95. The first-order chi connectivity index (χ1) is 16.2. The van der Waals surface area contributed by atoms with Gasteiger partial charge in [0.1, 0.15) is 11.6 Å². The molecular formula is C28H28N4O. The van der Waals surface area contributed by atoms with Gasteiger partial charge in [-0.1, -0.05) is 48.5 Å². The van der Waals surface area contributed by atoms with E-state index in [0.29, 0.717) is 19.0 Å². The van der Waals surface area contributed by atoms with Crippen LogP contribution in [0, 0.1) is 17.2 Å². The molecule has 0 radical (unpaired) electrons. The van der Waals surface area contributed by atoms with Crippen LogP contribution in [-0.2, 0) is 11.2 Å². The molecule has 1 amide bonds. The lowest BCUT2D eigenvalue weighted by molar-refractivity contribution is -0.128. The third kappa shape index (κ3) is 6.24. The molecule has 2 N–H and O–H groups in total. The lowest BCUT2D eigenvalue weighted by Gasteiger charge is -2.32. The Bertz CT molecular complexity index is 1110. The maximum absolute atomic E-state index is 12.9. The second-order valence-corrected chi connectivity index (χ2v) is 8.31. The van der Waals surface area contributed by atoms with Gasteiger partial charge in [0.05, 0.1) is 0 Å². The molecule has 4 rings (SSSR count). The van der Waals surface area contributed by atoms with E-state index in [2.05, 4.69) is 41.0 Å². The van der Waals surface area contributed by atoms with E-state index in [-0.39, 0.29) is 11.5 Å². The highest BCUT2D eigenvalue weighted by molar-refractivity contribution is 5.97. The summed E-state index contributed by atoms with van der Waals surface area (Å²) in [5.41, 5.74) is 4.27. The SMILES string of the molecule is N#C/C(=C/Nc1ccc(Nc2ccccc2)cc1)C(=O)N1CCC(Cc2ccccc2)CC1. The van der Waals surface area contributed by atoms with Crippen molar-refractivity contribution in [1.29, 1.82) is 5.26 Å². The van der Waals surface area contributed by atoms with Gasteiger partial charge < -0.3 is 15.5 Å². The molecule has 1 aliphatic rings. The van der Waals surface area contributed by atoms with Crippen LogP contribution in [0.3, 0.4) is 0 Å². The van der Waals surface area contributed by atoms with Gasteiger partial charge in [0.15, 0.2) is 0 Å². The van der Waals surface area contributed by atoms with E-state index in [1.54, 1.807) is 4.90 Å². The molecule has 0 saturated carbocycles. The number of para-hydroxylation sites is 1. The first-order valence-corrected chi connectivity index (χ1v) is 11.3. The molecule has 0 aliphatic carbocycles. The van der Waals surface area contributed by atoms with Gasteiger partial charge in [0.2, 0.25) is 0 Å². The lowest BCUT2D eigenvalue weighted by Crippen LogP contribution is -2.39. The molecule has 5 nitrogen and oxygen atoms in total. The van der Waals surface area contributed by atoms with Gasteiger partial charge in [-0.2, -0.15) is 5.26 Å². The van der Waals surface area contributed by atoms with Gasteiger partial charge >= 0.3 is 0 Å². The number of hydrogen-bond acceptors (Lipinski definition) is 4. The van der Waals surface area contributed by atoms with Crippen LogP contribution in [0.4, 0.5) is 17.1 Å². The van der Waals surface area contributed by atoms with Gasteiger partial charge in [0.25, 0.3) is 5.91 Å². The molecule has 0 bridgehead atoms. The zero-order valence-corrected chi connectivity index (χ0v) is 18.6. The normalized spacial score (nSPS) is 14.4. The van der Waals surface area contributed by atoms with Crippen LogP contribution in [0.1, 0.15) is 18.4 Å². The maximum Gasteiger partial charge on any atom is 0.266 e. The molecule has 33 heavy (non-hydrogen) atoms. The Morgan fingerprint density at radius 1 is 0.879 bits per heavy atom. The van der Waals surface area contributed by atoms with Crippen LogP contribution in [0.25, 0.3) is 0 Å². The van der Waals surface area contributed by atoms with E-state index in [0.717, 1.165) is 36.3 Å². The molecule has 0 unspecified atom stereocenters. The largest absolute Gasteiger partial charge is 0.360 e. The summed E-state index contributed by atoms with van der Waals surface area (Å²) in [6.45, 7) is 1.38. The van der Waals surface area contributed by atoms with Crippen LogP contribution in [0.2, 0.25) is 0 Å². The molecule has 0 spiro atoms. The van der Waals surface area contributed by atoms with Crippen molar-refractivity contribution in [2.24, 2.45) is 5.92 Å². The number of rotatable bonds is 7. The summed E-state index contributed by atoms with van der Waals surface area (Å²) in [4.78, 5) is 14.7. The van der Waals surface area contributed by atoms with Crippen molar-refractivity contribution < 1.29 is 4.79 Å². The Kier molecular flexibility index (Phi) is 7.40. The fourth-order valence-electron chi connectivity index (χ4n) is 4.09. The van der Waals surface area contributed by atoms with Gasteiger partial charge in [0, 0.05) is 36.4 Å². The second kappa shape index (κ2) is 11.0. The Balaban J connectivity index is 1.29. The van der Waals surface area contributed by atoms with Crippen molar-refractivity contribution in [2.45, 2.75) is 19.3 Å².